The Hall–Kier alpha value is -0.520. The summed E-state index contributed by atoms with van der Waals surface area (Å²) in [5, 5.41) is 0. The lowest BCUT2D eigenvalue weighted by Gasteiger charge is -2.17. The summed E-state index contributed by atoms with van der Waals surface area (Å²) in [7, 11) is 0. The monoisotopic (exact) mass is 224 g/mol. The molecule has 0 fully saturated rings. The van der Waals surface area contributed by atoms with Gasteiger partial charge in [-0.2, -0.15) is 0 Å². The highest BCUT2D eigenvalue weighted by atomic mass is 14.1. The first-order chi connectivity index (χ1) is 6.98. The number of hydrogen-bond acceptors (Lipinski definition) is 0. The Labute approximate surface area is 104 Å². The predicted molar refractivity (Wildman–Crippen MR) is 77.8 cm³/mol. The Bertz CT molecular complexity index is 205. The van der Waals surface area contributed by atoms with Crippen LogP contribution in [0.25, 0.3) is 0 Å². The fourth-order valence-electron chi connectivity index (χ4n) is 1.38. The molecule has 0 nitrogen and oxygen atoms in total. The van der Waals surface area contributed by atoms with Gasteiger partial charge in [0, 0.05) is 0 Å². The van der Waals surface area contributed by atoms with E-state index in [0.29, 0.717) is 10.8 Å². The molecule has 0 aliphatic rings. The molecule has 0 heteroatoms. The van der Waals surface area contributed by atoms with Gasteiger partial charge in [0.25, 0.3) is 0 Å². The molecular weight excluding hydrogens is 192 g/mol. The molecule has 0 amide bonds. The van der Waals surface area contributed by atoms with E-state index in [4.69, 9.17) is 0 Å². The van der Waals surface area contributed by atoms with Gasteiger partial charge in [0.15, 0.2) is 0 Å². The van der Waals surface area contributed by atoms with Gasteiger partial charge in [0.05, 0.1) is 0 Å². The van der Waals surface area contributed by atoms with Crippen molar-refractivity contribution in [3.8, 4) is 0 Å². The van der Waals surface area contributed by atoms with Gasteiger partial charge in [0.2, 0.25) is 0 Å². The van der Waals surface area contributed by atoms with Gasteiger partial charge >= 0.3 is 0 Å². The Morgan fingerprint density at radius 1 is 1.06 bits per heavy atom. The van der Waals surface area contributed by atoms with E-state index >= 15 is 0 Å². The van der Waals surface area contributed by atoms with Crippen LogP contribution in [0.5, 0.6) is 0 Å². The average Bonchev–Trinajstić information content (AvgIpc) is 1.95. The molecule has 0 radical (unpaired) electrons. The summed E-state index contributed by atoms with van der Waals surface area (Å²) < 4.78 is 0. The van der Waals surface area contributed by atoms with Crippen LogP contribution in [0.15, 0.2) is 24.3 Å². The largest absolute Gasteiger partial charge is 0.100 e. The van der Waals surface area contributed by atoms with Gasteiger partial charge in [-0.25, -0.2) is 0 Å². The van der Waals surface area contributed by atoms with Gasteiger partial charge < -0.3 is 0 Å². The second-order valence-electron chi connectivity index (χ2n) is 6.87. The van der Waals surface area contributed by atoms with E-state index in [-0.39, 0.29) is 0 Å². The molecule has 0 unspecified atom stereocenters. The van der Waals surface area contributed by atoms with Crippen LogP contribution in [0.3, 0.4) is 0 Å². The molecule has 96 valence electrons. The minimum atomic E-state index is 0.371. The quantitative estimate of drug-likeness (QED) is 0.505. The lowest BCUT2D eigenvalue weighted by molar-refractivity contribution is 0.410. The topological polar surface area (TPSA) is 0 Å². The first-order valence-corrected chi connectivity index (χ1v) is 6.30. The van der Waals surface area contributed by atoms with Gasteiger partial charge in [-0.1, -0.05) is 66.2 Å². The normalized spacial score (nSPS) is 12.2. The molecule has 0 heterocycles. The van der Waals surface area contributed by atoms with Crippen molar-refractivity contribution in [3.05, 3.63) is 24.3 Å². The SMILES string of the molecule is C=C(C)CC(C)(C)C.CCC=CC(C)(C)C. The van der Waals surface area contributed by atoms with Crippen LogP contribution in [0.2, 0.25) is 0 Å². The number of allylic oxidation sites excluding steroid dienone is 3. The molecule has 0 N–H and O–H groups in total. The summed E-state index contributed by atoms with van der Waals surface area (Å²) >= 11 is 0. The minimum Gasteiger partial charge on any atom is -0.100 e. The molecule has 0 aromatic heterocycles. The van der Waals surface area contributed by atoms with Gasteiger partial charge in [-0.15, -0.1) is 6.58 Å². The lowest BCUT2D eigenvalue weighted by Crippen LogP contribution is -2.03. The number of rotatable bonds is 2. The summed E-state index contributed by atoms with van der Waals surface area (Å²) in [6.45, 7) is 21.4. The molecule has 0 saturated carbocycles. The fraction of sp³-hybridized carbons (Fsp3) is 0.750. The van der Waals surface area contributed by atoms with Crippen molar-refractivity contribution in [2.24, 2.45) is 10.8 Å². The third-order valence-electron chi connectivity index (χ3n) is 1.69. The summed E-state index contributed by atoms with van der Waals surface area (Å²) in [5.41, 5.74) is 2.07. The van der Waals surface area contributed by atoms with Crippen molar-refractivity contribution >= 4 is 0 Å². The molecule has 0 rings (SSSR count). The maximum Gasteiger partial charge on any atom is -0.0203 e. The van der Waals surface area contributed by atoms with Crippen LogP contribution in [0.1, 0.15) is 68.2 Å². The van der Waals surface area contributed by atoms with Crippen LogP contribution in [-0.2, 0) is 0 Å². The highest BCUT2D eigenvalue weighted by Gasteiger charge is 2.08. The fourth-order valence-corrected chi connectivity index (χ4v) is 1.38. The predicted octanol–water partition coefficient (Wildman–Crippen LogP) is 6.00. The highest BCUT2D eigenvalue weighted by Crippen LogP contribution is 2.22. The third kappa shape index (κ3) is 23.4. The Kier molecular flexibility index (Phi) is 8.60. The van der Waals surface area contributed by atoms with E-state index in [1.165, 1.54) is 5.57 Å². The van der Waals surface area contributed by atoms with Crippen molar-refractivity contribution in [3.63, 3.8) is 0 Å². The summed E-state index contributed by atoms with van der Waals surface area (Å²) in [4.78, 5) is 0. The van der Waals surface area contributed by atoms with E-state index in [2.05, 4.69) is 74.1 Å². The van der Waals surface area contributed by atoms with Crippen molar-refractivity contribution in [2.75, 3.05) is 0 Å². The highest BCUT2D eigenvalue weighted by molar-refractivity contribution is 4.92. The standard InChI is InChI=1S/2C8H16/c1-7(2)6-8(3,4)5;1-5-6-7-8(2,3)4/h1,6H2,2-5H3;6-7H,5H2,1-4H3. The van der Waals surface area contributed by atoms with Gasteiger partial charge in [-0.3, -0.25) is 0 Å². The lowest BCUT2D eigenvalue weighted by atomic mass is 9.89. The van der Waals surface area contributed by atoms with E-state index in [0.717, 1.165) is 12.8 Å². The van der Waals surface area contributed by atoms with Crippen LogP contribution < -0.4 is 0 Å². The molecule has 16 heavy (non-hydrogen) atoms. The molecule has 0 aromatic rings. The molecular formula is C16H32. The maximum absolute atomic E-state index is 3.84. The molecule has 0 spiro atoms. The molecule has 0 bridgehead atoms. The van der Waals surface area contributed by atoms with Crippen molar-refractivity contribution in [1.82, 2.24) is 0 Å². The van der Waals surface area contributed by atoms with E-state index in [9.17, 15) is 0 Å². The smallest absolute Gasteiger partial charge is 0.0203 e. The van der Waals surface area contributed by atoms with Crippen LogP contribution >= 0.6 is 0 Å². The maximum atomic E-state index is 3.84. The van der Waals surface area contributed by atoms with Gasteiger partial charge in [0.1, 0.15) is 0 Å². The first kappa shape index (κ1) is 17.9. The number of hydrogen-bond donors (Lipinski definition) is 0. The Balaban J connectivity index is 0. The minimum absolute atomic E-state index is 0.371. The molecule has 0 aliphatic heterocycles. The van der Waals surface area contributed by atoms with Crippen molar-refractivity contribution in [2.45, 2.75) is 68.2 Å². The zero-order chi connectivity index (χ0) is 13.4. The molecule has 0 atom stereocenters. The second-order valence-corrected chi connectivity index (χ2v) is 6.87. The zero-order valence-electron chi connectivity index (χ0n) is 12.8. The average molecular weight is 224 g/mol. The van der Waals surface area contributed by atoms with Crippen LogP contribution in [0.4, 0.5) is 0 Å². The molecule has 0 aromatic carbocycles. The molecule has 0 aliphatic carbocycles. The third-order valence-corrected chi connectivity index (χ3v) is 1.69. The van der Waals surface area contributed by atoms with Gasteiger partial charge in [-0.05, 0) is 30.6 Å². The second kappa shape index (κ2) is 7.70. The van der Waals surface area contributed by atoms with Crippen LogP contribution in [0, 0.1) is 10.8 Å². The van der Waals surface area contributed by atoms with Crippen molar-refractivity contribution in [1.29, 1.82) is 0 Å². The van der Waals surface area contributed by atoms with E-state index < -0.39 is 0 Å². The summed E-state index contributed by atoms with van der Waals surface area (Å²) in [6.07, 6.45) is 6.73. The van der Waals surface area contributed by atoms with E-state index in [1.807, 2.05) is 0 Å². The zero-order valence-corrected chi connectivity index (χ0v) is 12.8. The Morgan fingerprint density at radius 2 is 1.50 bits per heavy atom. The van der Waals surface area contributed by atoms with Crippen molar-refractivity contribution < 1.29 is 0 Å². The molecule has 0 saturated heterocycles. The van der Waals surface area contributed by atoms with Crippen LogP contribution in [-0.4, -0.2) is 0 Å². The Morgan fingerprint density at radius 3 is 1.56 bits per heavy atom. The van der Waals surface area contributed by atoms with E-state index in [1.54, 1.807) is 0 Å². The summed E-state index contributed by atoms with van der Waals surface area (Å²) in [5.74, 6) is 0. The summed E-state index contributed by atoms with van der Waals surface area (Å²) in [6, 6.07) is 0. The first-order valence-electron chi connectivity index (χ1n) is 6.30.